The van der Waals surface area contributed by atoms with Gasteiger partial charge in [0.05, 0.1) is 5.92 Å². The van der Waals surface area contributed by atoms with Crippen LogP contribution in [-0.2, 0) is 4.79 Å². The molecule has 0 saturated heterocycles. The number of carboxylic acids is 1. The SMILES string of the molecule is CCC(C)(C)C(C(=O)O)C1CCC(C)CC1. The molecule has 16 heavy (non-hydrogen) atoms. The Bertz CT molecular complexity index is 237. The average molecular weight is 226 g/mol. The Morgan fingerprint density at radius 3 is 2.19 bits per heavy atom. The summed E-state index contributed by atoms with van der Waals surface area (Å²) in [6, 6.07) is 0. The number of carboxylic acid groups (broad SMARTS) is 1. The van der Waals surface area contributed by atoms with Crippen molar-refractivity contribution < 1.29 is 9.90 Å². The Labute approximate surface area is 99.4 Å². The summed E-state index contributed by atoms with van der Waals surface area (Å²) in [5.74, 6) is 0.426. The van der Waals surface area contributed by atoms with E-state index in [9.17, 15) is 9.90 Å². The largest absolute Gasteiger partial charge is 0.481 e. The van der Waals surface area contributed by atoms with E-state index >= 15 is 0 Å². The molecule has 1 N–H and O–H groups in total. The maximum atomic E-state index is 11.5. The molecule has 0 aliphatic heterocycles. The normalized spacial score (nSPS) is 28.8. The molecule has 1 rings (SSSR count). The molecule has 0 bridgehead atoms. The molecule has 1 aliphatic rings. The van der Waals surface area contributed by atoms with Crippen molar-refractivity contribution in [2.75, 3.05) is 0 Å². The molecule has 2 nitrogen and oxygen atoms in total. The van der Waals surface area contributed by atoms with Gasteiger partial charge in [-0.3, -0.25) is 4.79 Å². The molecule has 1 unspecified atom stereocenters. The summed E-state index contributed by atoms with van der Waals surface area (Å²) in [4.78, 5) is 11.5. The van der Waals surface area contributed by atoms with Crippen LogP contribution in [0.2, 0.25) is 0 Å². The molecule has 0 aromatic carbocycles. The number of hydrogen-bond acceptors (Lipinski definition) is 1. The van der Waals surface area contributed by atoms with E-state index < -0.39 is 5.97 Å². The maximum Gasteiger partial charge on any atom is 0.307 e. The quantitative estimate of drug-likeness (QED) is 0.788. The van der Waals surface area contributed by atoms with Gasteiger partial charge < -0.3 is 5.11 Å². The average Bonchev–Trinajstić information content (AvgIpc) is 2.20. The minimum atomic E-state index is -0.591. The fourth-order valence-corrected chi connectivity index (χ4v) is 3.01. The van der Waals surface area contributed by atoms with Gasteiger partial charge in [-0.1, -0.05) is 47.0 Å². The molecule has 0 aromatic rings. The van der Waals surface area contributed by atoms with E-state index in [1.165, 1.54) is 12.8 Å². The van der Waals surface area contributed by atoms with Gasteiger partial charge in [0.25, 0.3) is 0 Å². The van der Waals surface area contributed by atoms with Crippen molar-refractivity contribution in [1.82, 2.24) is 0 Å². The number of carbonyl (C=O) groups is 1. The molecule has 94 valence electrons. The topological polar surface area (TPSA) is 37.3 Å². The molecule has 1 fully saturated rings. The number of rotatable bonds is 4. The first-order valence-electron chi connectivity index (χ1n) is 6.61. The summed E-state index contributed by atoms with van der Waals surface area (Å²) in [7, 11) is 0. The molecule has 2 heteroatoms. The molecule has 1 saturated carbocycles. The van der Waals surface area contributed by atoms with E-state index in [-0.39, 0.29) is 11.3 Å². The Hall–Kier alpha value is -0.530. The van der Waals surface area contributed by atoms with Crippen LogP contribution in [0, 0.1) is 23.2 Å². The second-order valence-electron chi connectivity index (χ2n) is 6.18. The summed E-state index contributed by atoms with van der Waals surface area (Å²) in [6.07, 6.45) is 5.54. The van der Waals surface area contributed by atoms with E-state index in [0.29, 0.717) is 5.92 Å². The highest BCUT2D eigenvalue weighted by Gasteiger charge is 2.40. The van der Waals surface area contributed by atoms with E-state index in [1.54, 1.807) is 0 Å². The lowest BCUT2D eigenvalue weighted by molar-refractivity contribution is -0.149. The van der Waals surface area contributed by atoms with Crippen LogP contribution in [-0.4, -0.2) is 11.1 Å². The van der Waals surface area contributed by atoms with Crippen molar-refractivity contribution in [2.24, 2.45) is 23.2 Å². The predicted octanol–water partition coefficient (Wildman–Crippen LogP) is 3.95. The predicted molar refractivity (Wildman–Crippen MR) is 66.3 cm³/mol. The van der Waals surface area contributed by atoms with Crippen molar-refractivity contribution in [3.05, 3.63) is 0 Å². The van der Waals surface area contributed by atoms with Gasteiger partial charge in [0.1, 0.15) is 0 Å². The number of aliphatic carboxylic acids is 1. The van der Waals surface area contributed by atoms with E-state index in [2.05, 4.69) is 27.7 Å². The second-order valence-corrected chi connectivity index (χ2v) is 6.18. The van der Waals surface area contributed by atoms with Crippen LogP contribution in [0.1, 0.15) is 59.8 Å². The fourth-order valence-electron chi connectivity index (χ4n) is 3.01. The zero-order valence-electron chi connectivity index (χ0n) is 11.1. The highest BCUT2D eigenvalue weighted by molar-refractivity contribution is 5.71. The molecule has 0 spiro atoms. The van der Waals surface area contributed by atoms with Gasteiger partial charge in [-0.15, -0.1) is 0 Å². The summed E-state index contributed by atoms with van der Waals surface area (Å²) < 4.78 is 0. The van der Waals surface area contributed by atoms with E-state index in [1.807, 2.05) is 0 Å². The van der Waals surface area contributed by atoms with Crippen LogP contribution < -0.4 is 0 Å². The van der Waals surface area contributed by atoms with Crippen LogP contribution in [0.4, 0.5) is 0 Å². The minimum absolute atomic E-state index is 0.0723. The van der Waals surface area contributed by atoms with Gasteiger partial charge >= 0.3 is 5.97 Å². The standard InChI is InChI=1S/C14H26O2/c1-5-14(3,4)12(13(15)16)11-8-6-10(2)7-9-11/h10-12H,5-9H2,1-4H3,(H,15,16). The summed E-state index contributed by atoms with van der Waals surface area (Å²) in [6.45, 7) is 8.58. The highest BCUT2D eigenvalue weighted by atomic mass is 16.4. The Morgan fingerprint density at radius 1 is 1.31 bits per heavy atom. The molecular formula is C14H26O2. The maximum absolute atomic E-state index is 11.5. The Morgan fingerprint density at radius 2 is 1.81 bits per heavy atom. The van der Waals surface area contributed by atoms with Crippen molar-refractivity contribution in [3.8, 4) is 0 Å². The van der Waals surface area contributed by atoms with Gasteiger partial charge in [0.15, 0.2) is 0 Å². The third-order valence-electron chi connectivity index (χ3n) is 4.55. The molecule has 1 aliphatic carbocycles. The van der Waals surface area contributed by atoms with Crippen molar-refractivity contribution in [3.63, 3.8) is 0 Å². The summed E-state index contributed by atoms with van der Waals surface area (Å²) in [5.41, 5.74) is -0.0723. The minimum Gasteiger partial charge on any atom is -0.481 e. The Balaban J connectivity index is 2.75. The van der Waals surface area contributed by atoms with Crippen molar-refractivity contribution in [1.29, 1.82) is 0 Å². The van der Waals surface area contributed by atoms with Gasteiger partial charge in [0.2, 0.25) is 0 Å². The fraction of sp³-hybridized carbons (Fsp3) is 0.929. The van der Waals surface area contributed by atoms with Gasteiger partial charge in [-0.05, 0) is 30.1 Å². The summed E-state index contributed by atoms with van der Waals surface area (Å²) >= 11 is 0. The lowest BCUT2D eigenvalue weighted by atomic mass is 9.65. The second kappa shape index (κ2) is 5.20. The Kier molecular flexibility index (Phi) is 4.40. The third kappa shape index (κ3) is 2.99. The molecule has 1 atom stereocenters. The highest BCUT2D eigenvalue weighted by Crippen LogP contribution is 2.43. The van der Waals surface area contributed by atoms with Crippen LogP contribution in [0.15, 0.2) is 0 Å². The zero-order valence-corrected chi connectivity index (χ0v) is 11.1. The molecule has 0 radical (unpaired) electrons. The van der Waals surface area contributed by atoms with Crippen LogP contribution in [0.3, 0.4) is 0 Å². The molecule has 0 heterocycles. The van der Waals surface area contributed by atoms with E-state index in [0.717, 1.165) is 25.2 Å². The first-order valence-corrected chi connectivity index (χ1v) is 6.61. The first-order chi connectivity index (χ1) is 7.38. The van der Waals surface area contributed by atoms with Crippen LogP contribution in [0.25, 0.3) is 0 Å². The lowest BCUT2D eigenvalue weighted by Crippen LogP contribution is -2.38. The zero-order chi connectivity index (χ0) is 12.3. The lowest BCUT2D eigenvalue weighted by Gasteiger charge is -2.39. The number of hydrogen-bond donors (Lipinski definition) is 1. The van der Waals surface area contributed by atoms with Crippen LogP contribution >= 0.6 is 0 Å². The molecular weight excluding hydrogens is 200 g/mol. The first kappa shape index (κ1) is 13.5. The smallest absolute Gasteiger partial charge is 0.307 e. The van der Waals surface area contributed by atoms with E-state index in [4.69, 9.17) is 0 Å². The molecule has 0 amide bonds. The monoisotopic (exact) mass is 226 g/mol. The van der Waals surface area contributed by atoms with Crippen molar-refractivity contribution in [2.45, 2.75) is 59.8 Å². The molecule has 0 aromatic heterocycles. The van der Waals surface area contributed by atoms with Crippen molar-refractivity contribution >= 4 is 5.97 Å². The summed E-state index contributed by atoms with van der Waals surface area (Å²) in [5, 5.41) is 9.46. The van der Waals surface area contributed by atoms with Crippen LogP contribution in [0.5, 0.6) is 0 Å². The van der Waals surface area contributed by atoms with Gasteiger partial charge in [0, 0.05) is 0 Å². The third-order valence-corrected chi connectivity index (χ3v) is 4.55. The van der Waals surface area contributed by atoms with Gasteiger partial charge in [-0.25, -0.2) is 0 Å². The van der Waals surface area contributed by atoms with Gasteiger partial charge in [-0.2, -0.15) is 0 Å².